The first-order valence-electron chi connectivity index (χ1n) is 16.0. The number of likely N-dealkylation sites (tertiary alicyclic amines) is 1. The lowest BCUT2D eigenvalue weighted by molar-refractivity contribution is -0.138. The lowest BCUT2D eigenvalue weighted by Crippen LogP contribution is -2.59. The molecule has 4 aliphatic heterocycles. The Labute approximate surface area is 280 Å². The third kappa shape index (κ3) is 7.58. The predicted octanol–water partition coefficient (Wildman–Crippen LogP) is 4.15. The summed E-state index contributed by atoms with van der Waals surface area (Å²) in [6, 6.07) is 0.515. The maximum absolute atomic E-state index is 13.9. The van der Waals surface area contributed by atoms with E-state index in [-0.39, 0.29) is 30.0 Å². The van der Waals surface area contributed by atoms with E-state index in [0.29, 0.717) is 64.7 Å². The summed E-state index contributed by atoms with van der Waals surface area (Å²) >= 11 is 7.51. The van der Waals surface area contributed by atoms with Gasteiger partial charge in [-0.15, -0.1) is 11.3 Å². The van der Waals surface area contributed by atoms with E-state index in [0.717, 1.165) is 43.2 Å². The topological polar surface area (TPSA) is 120 Å². The van der Waals surface area contributed by atoms with Crippen molar-refractivity contribution in [1.82, 2.24) is 30.2 Å². The minimum Gasteiger partial charge on any atom is -0.506 e. The van der Waals surface area contributed by atoms with Gasteiger partial charge < -0.3 is 35.8 Å². The van der Waals surface area contributed by atoms with Crippen LogP contribution < -0.4 is 16.0 Å². The number of aromatic hydroxyl groups is 1. The molecule has 5 amide bonds. The second kappa shape index (κ2) is 14.1. The maximum Gasteiger partial charge on any atom is 0.420 e. The number of alkyl halides is 3. The Morgan fingerprint density at radius 2 is 1.70 bits per heavy atom. The van der Waals surface area contributed by atoms with E-state index >= 15 is 0 Å². The predicted molar refractivity (Wildman–Crippen MR) is 172 cm³/mol. The average Bonchev–Trinajstić information content (AvgIpc) is 3.52. The highest BCUT2D eigenvalue weighted by atomic mass is 35.5. The van der Waals surface area contributed by atoms with Gasteiger partial charge in [0, 0.05) is 68.7 Å². The lowest BCUT2D eigenvalue weighted by atomic mass is 10.00. The number of halogens is 4. The number of hydrogen-bond donors (Lipinski definition) is 4. The zero-order valence-corrected chi connectivity index (χ0v) is 27.4. The van der Waals surface area contributed by atoms with Gasteiger partial charge in [-0.05, 0) is 61.8 Å². The van der Waals surface area contributed by atoms with Gasteiger partial charge in [0.15, 0.2) is 0 Å². The molecule has 3 saturated heterocycles. The van der Waals surface area contributed by atoms with Crippen molar-refractivity contribution in [1.29, 1.82) is 0 Å². The summed E-state index contributed by atoms with van der Waals surface area (Å²) in [5.41, 5.74) is 0.644. The highest BCUT2D eigenvalue weighted by Gasteiger charge is 2.38. The van der Waals surface area contributed by atoms with Gasteiger partial charge in [-0.3, -0.25) is 9.69 Å². The van der Waals surface area contributed by atoms with Crippen LogP contribution in [-0.2, 0) is 23.9 Å². The minimum atomic E-state index is -4.86. The van der Waals surface area contributed by atoms with Gasteiger partial charge in [0.1, 0.15) is 11.8 Å². The number of carbonyl (C=O) groups excluding carboxylic acids is 3. The maximum atomic E-state index is 13.9. The van der Waals surface area contributed by atoms with Crippen molar-refractivity contribution in [2.45, 2.75) is 63.0 Å². The van der Waals surface area contributed by atoms with Crippen LogP contribution in [0.15, 0.2) is 22.9 Å². The third-order valence-corrected chi connectivity index (χ3v) is 10.8. The molecule has 16 heteroatoms. The van der Waals surface area contributed by atoms with Crippen molar-refractivity contribution < 1.29 is 32.7 Å². The summed E-state index contributed by atoms with van der Waals surface area (Å²) in [7, 11) is 0. The molecule has 47 heavy (non-hydrogen) atoms. The van der Waals surface area contributed by atoms with Gasteiger partial charge in [-0.25, -0.2) is 9.59 Å². The number of hydrogen-bond acceptors (Lipinski definition) is 7. The Morgan fingerprint density at radius 1 is 1.00 bits per heavy atom. The van der Waals surface area contributed by atoms with E-state index in [1.807, 2.05) is 10.8 Å². The molecule has 5 heterocycles. The molecule has 0 bridgehead atoms. The quantitative estimate of drug-likeness (QED) is 0.360. The minimum absolute atomic E-state index is 0.0646. The number of benzene rings is 1. The molecular formula is C31H39ClF3N7O4S. The summed E-state index contributed by atoms with van der Waals surface area (Å²) in [6.07, 6.45) is -1.96. The molecule has 0 radical (unpaired) electrons. The summed E-state index contributed by atoms with van der Waals surface area (Å²) in [5, 5.41) is 22.5. The number of piperazine rings is 1. The van der Waals surface area contributed by atoms with E-state index < -0.39 is 34.6 Å². The van der Waals surface area contributed by atoms with Crippen LogP contribution in [-0.4, -0.2) is 113 Å². The Morgan fingerprint density at radius 3 is 2.38 bits per heavy atom. The zero-order valence-electron chi connectivity index (χ0n) is 25.8. The van der Waals surface area contributed by atoms with Crippen molar-refractivity contribution in [3.8, 4) is 5.75 Å². The van der Waals surface area contributed by atoms with Crippen molar-refractivity contribution in [3.05, 3.63) is 44.6 Å². The van der Waals surface area contributed by atoms with Gasteiger partial charge in [-0.2, -0.15) is 13.2 Å². The van der Waals surface area contributed by atoms with E-state index in [1.165, 1.54) is 17.4 Å². The fourth-order valence-corrected chi connectivity index (χ4v) is 8.06. The number of phenolic OH excluding ortho intramolecular Hbond substituents is 1. The molecule has 0 aliphatic carbocycles. The number of rotatable bonds is 6. The molecule has 1 aromatic heterocycles. The number of thiophene rings is 1. The zero-order chi connectivity index (χ0) is 33.3. The molecule has 2 aromatic rings. The summed E-state index contributed by atoms with van der Waals surface area (Å²) < 4.78 is 41.0. The fraction of sp³-hybridized carbons (Fsp3) is 0.581. The molecule has 0 saturated carbocycles. The van der Waals surface area contributed by atoms with E-state index in [2.05, 4.69) is 20.9 Å². The van der Waals surface area contributed by atoms with Crippen molar-refractivity contribution in [2.75, 3.05) is 57.7 Å². The Kier molecular flexibility index (Phi) is 10.1. The van der Waals surface area contributed by atoms with Gasteiger partial charge in [0.05, 0.1) is 22.8 Å². The van der Waals surface area contributed by atoms with Crippen LogP contribution in [0.3, 0.4) is 0 Å². The number of anilines is 1. The lowest BCUT2D eigenvalue weighted by Gasteiger charge is -2.42. The standard InChI is InChI=1S/C31H39ClF3N7O4S/c32-24-14-19(13-23(27(24)43)31(33,34)35)15-25(28(44)40-11-9-39(10-12-40)21-1-5-36-6-2-21)37-29(45)41-7-3-22(4-8-41)42-16-20-17-47-18-26(20)38-30(42)46/h13-14,17-18,21-22,25,36,43H,1-12,15-16H2,(H,37,45)(H,38,46)/t25-/m1/s1. The number of fused-ring (bicyclic) bond motifs is 1. The van der Waals surface area contributed by atoms with E-state index in [9.17, 15) is 32.7 Å². The number of urea groups is 2. The molecule has 6 rings (SSSR count). The number of nitrogens with zero attached hydrogens (tertiary/aromatic N) is 4. The molecule has 11 nitrogen and oxygen atoms in total. The van der Waals surface area contributed by atoms with Crippen LogP contribution in [0.25, 0.3) is 0 Å². The Hall–Kier alpha value is -3.27. The normalized spacial score (nSPS) is 20.9. The fourth-order valence-electron chi connectivity index (χ4n) is 7.04. The first kappa shape index (κ1) is 33.6. The molecule has 3 fully saturated rings. The van der Waals surface area contributed by atoms with Crippen LogP contribution in [0, 0.1) is 0 Å². The highest BCUT2D eigenvalue weighted by Crippen LogP contribution is 2.40. The van der Waals surface area contributed by atoms with Gasteiger partial charge in [0.25, 0.3) is 0 Å². The summed E-state index contributed by atoms with van der Waals surface area (Å²) in [6.45, 7) is 5.30. The van der Waals surface area contributed by atoms with Crippen LogP contribution in [0.1, 0.15) is 42.4 Å². The van der Waals surface area contributed by atoms with Crippen LogP contribution in [0.5, 0.6) is 5.75 Å². The first-order valence-corrected chi connectivity index (χ1v) is 17.3. The number of amides is 5. The van der Waals surface area contributed by atoms with Gasteiger partial charge in [-0.1, -0.05) is 11.6 Å². The Balaban J connectivity index is 1.13. The van der Waals surface area contributed by atoms with Gasteiger partial charge >= 0.3 is 18.2 Å². The van der Waals surface area contributed by atoms with Crippen LogP contribution in [0.4, 0.5) is 28.4 Å². The number of nitrogens with one attached hydrogen (secondary N) is 3. The van der Waals surface area contributed by atoms with Crippen molar-refractivity contribution >= 4 is 46.6 Å². The highest BCUT2D eigenvalue weighted by molar-refractivity contribution is 7.08. The monoisotopic (exact) mass is 697 g/mol. The SMILES string of the molecule is O=C(N[C@H](Cc1cc(Cl)c(O)c(C(F)(F)F)c1)C(=O)N1CCN(C2CCNCC2)CC1)N1CCC(N2Cc3cscc3NC2=O)CC1. The molecule has 256 valence electrons. The number of piperidine rings is 2. The second-order valence-corrected chi connectivity index (χ2v) is 13.8. The van der Waals surface area contributed by atoms with E-state index in [1.54, 1.807) is 14.7 Å². The molecule has 1 aromatic carbocycles. The van der Waals surface area contributed by atoms with E-state index in [4.69, 9.17) is 11.6 Å². The molecule has 0 spiro atoms. The van der Waals surface area contributed by atoms with Crippen molar-refractivity contribution in [2.24, 2.45) is 0 Å². The molecule has 0 unspecified atom stereocenters. The number of carbonyl (C=O) groups is 3. The average molecular weight is 698 g/mol. The van der Waals surface area contributed by atoms with Crippen molar-refractivity contribution in [3.63, 3.8) is 0 Å². The summed E-state index contributed by atoms with van der Waals surface area (Å²) in [4.78, 5) is 47.6. The van der Waals surface area contributed by atoms with Crippen LogP contribution in [0.2, 0.25) is 5.02 Å². The smallest absolute Gasteiger partial charge is 0.420 e. The number of phenols is 1. The molecule has 4 N–H and O–H groups in total. The second-order valence-electron chi connectivity index (χ2n) is 12.6. The molecule has 4 aliphatic rings. The third-order valence-electron chi connectivity index (χ3n) is 9.69. The van der Waals surface area contributed by atoms with Crippen LogP contribution >= 0.6 is 22.9 Å². The summed E-state index contributed by atoms with van der Waals surface area (Å²) in [5.74, 6) is -1.46. The first-order chi connectivity index (χ1) is 22.5. The largest absolute Gasteiger partial charge is 0.506 e. The van der Waals surface area contributed by atoms with Gasteiger partial charge in [0.2, 0.25) is 5.91 Å². The molecular weight excluding hydrogens is 659 g/mol. The Bertz CT molecular complexity index is 1470. The molecule has 1 atom stereocenters.